The number of rotatable bonds is 2. The highest BCUT2D eigenvalue weighted by Crippen LogP contribution is 2.29. The minimum Gasteiger partial charge on any atom is -0.377 e. The third-order valence-electron chi connectivity index (χ3n) is 3.53. The third-order valence-corrected chi connectivity index (χ3v) is 3.53. The Bertz CT molecular complexity index is 341. The highest BCUT2D eigenvalue weighted by molar-refractivity contribution is 5.16. The molecule has 1 heteroatoms. The summed E-state index contributed by atoms with van der Waals surface area (Å²) in [4.78, 5) is 2.47. The number of nitrogens with zero attached hydrogens (tertiary/aromatic N) is 1. The molecule has 2 aliphatic rings. The maximum absolute atomic E-state index is 2.47. The highest BCUT2D eigenvalue weighted by Gasteiger charge is 2.27. The van der Waals surface area contributed by atoms with Gasteiger partial charge in [-0.05, 0) is 36.4 Å². The van der Waals surface area contributed by atoms with Gasteiger partial charge in [0.2, 0.25) is 0 Å². The normalized spacial score (nSPS) is 28.4. The van der Waals surface area contributed by atoms with E-state index in [0.717, 1.165) is 11.8 Å². The van der Waals surface area contributed by atoms with Crippen LogP contribution in [-0.2, 0) is 6.42 Å². The SMILES string of the molecule is C1=CN2CC1CC(Cc1ccccc1)C2. The highest BCUT2D eigenvalue weighted by atomic mass is 15.1. The van der Waals surface area contributed by atoms with Crippen molar-refractivity contribution in [3.63, 3.8) is 0 Å². The first-order chi connectivity index (χ1) is 7.40. The van der Waals surface area contributed by atoms with Crippen LogP contribution in [0.1, 0.15) is 12.0 Å². The zero-order chi connectivity index (χ0) is 10.1. The van der Waals surface area contributed by atoms with Gasteiger partial charge in [0.15, 0.2) is 0 Å². The van der Waals surface area contributed by atoms with Crippen LogP contribution < -0.4 is 0 Å². The molecule has 0 saturated carbocycles. The van der Waals surface area contributed by atoms with Crippen LogP contribution in [0.25, 0.3) is 0 Å². The molecule has 1 fully saturated rings. The molecule has 1 aromatic carbocycles. The Labute approximate surface area is 91.4 Å². The first-order valence-electron chi connectivity index (χ1n) is 5.86. The van der Waals surface area contributed by atoms with E-state index in [2.05, 4.69) is 47.5 Å². The summed E-state index contributed by atoms with van der Waals surface area (Å²) in [6, 6.07) is 10.9. The lowest BCUT2D eigenvalue weighted by molar-refractivity contribution is 0.220. The average Bonchev–Trinajstić information content (AvgIpc) is 2.60. The molecule has 2 aliphatic heterocycles. The molecule has 2 heterocycles. The Morgan fingerprint density at radius 1 is 1.13 bits per heavy atom. The quantitative estimate of drug-likeness (QED) is 0.708. The number of fused-ring (bicyclic) bond motifs is 2. The van der Waals surface area contributed by atoms with Crippen molar-refractivity contribution in [3.05, 3.63) is 48.2 Å². The Kier molecular flexibility index (Phi) is 2.24. The van der Waals surface area contributed by atoms with Crippen LogP contribution in [0, 0.1) is 11.8 Å². The molecule has 0 radical (unpaired) electrons. The van der Waals surface area contributed by atoms with Crippen LogP contribution in [0.5, 0.6) is 0 Å². The van der Waals surface area contributed by atoms with E-state index < -0.39 is 0 Å². The van der Waals surface area contributed by atoms with Crippen molar-refractivity contribution in [1.29, 1.82) is 0 Å². The van der Waals surface area contributed by atoms with Crippen molar-refractivity contribution in [3.8, 4) is 0 Å². The van der Waals surface area contributed by atoms with E-state index in [4.69, 9.17) is 0 Å². The number of hydrogen-bond donors (Lipinski definition) is 0. The Balaban J connectivity index is 1.66. The molecule has 3 rings (SSSR count). The summed E-state index contributed by atoms with van der Waals surface area (Å²) < 4.78 is 0. The van der Waals surface area contributed by atoms with Crippen molar-refractivity contribution in [2.24, 2.45) is 11.8 Å². The van der Waals surface area contributed by atoms with Gasteiger partial charge in [0, 0.05) is 13.1 Å². The lowest BCUT2D eigenvalue weighted by atomic mass is 9.87. The van der Waals surface area contributed by atoms with Crippen molar-refractivity contribution in [2.45, 2.75) is 12.8 Å². The molecule has 2 bridgehead atoms. The summed E-state index contributed by atoms with van der Waals surface area (Å²) in [7, 11) is 0. The number of piperidine rings is 1. The van der Waals surface area contributed by atoms with E-state index in [-0.39, 0.29) is 0 Å². The smallest absolute Gasteiger partial charge is 0.0236 e. The lowest BCUT2D eigenvalue weighted by Crippen LogP contribution is -2.33. The minimum absolute atomic E-state index is 0.826. The molecule has 1 nitrogen and oxygen atoms in total. The molecule has 15 heavy (non-hydrogen) atoms. The molecule has 0 spiro atoms. The fourth-order valence-corrected chi connectivity index (χ4v) is 2.88. The van der Waals surface area contributed by atoms with Gasteiger partial charge in [0.05, 0.1) is 0 Å². The second-order valence-electron chi connectivity index (χ2n) is 4.85. The zero-order valence-corrected chi connectivity index (χ0v) is 8.97. The van der Waals surface area contributed by atoms with E-state index in [9.17, 15) is 0 Å². The number of benzene rings is 1. The lowest BCUT2D eigenvalue weighted by Gasteiger charge is -2.31. The monoisotopic (exact) mass is 199 g/mol. The van der Waals surface area contributed by atoms with Crippen LogP contribution in [0.2, 0.25) is 0 Å². The second-order valence-corrected chi connectivity index (χ2v) is 4.85. The molecule has 0 aromatic heterocycles. The summed E-state index contributed by atoms with van der Waals surface area (Å²) >= 11 is 0. The van der Waals surface area contributed by atoms with Crippen LogP contribution >= 0.6 is 0 Å². The average molecular weight is 199 g/mol. The van der Waals surface area contributed by atoms with Gasteiger partial charge in [-0.2, -0.15) is 0 Å². The Hall–Kier alpha value is -1.24. The van der Waals surface area contributed by atoms with Gasteiger partial charge >= 0.3 is 0 Å². The molecule has 78 valence electrons. The van der Waals surface area contributed by atoms with E-state index in [0.29, 0.717) is 0 Å². The van der Waals surface area contributed by atoms with Crippen molar-refractivity contribution < 1.29 is 0 Å². The predicted octanol–water partition coefficient (Wildman–Crippen LogP) is 2.69. The maximum Gasteiger partial charge on any atom is 0.0236 e. The van der Waals surface area contributed by atoms with Gasteiger partial charge in [-0.25, -0.2) is 0 Å². The molecule has 0 amide bonds. The Morgan fingerprint density at radius 2 is 2.00 bits per heavy atom. The maximum atomic E-state index is 2.47. The van der Waals surface area contributed by atoms with Crippen LogP contribution in [0.15, 0.2) is 42.6 Å². The van der Waals surface area contributed by atoms with Gasteiger partial charge in [-0.1, -0.05) is 36.4 Å². The van der Waals surface area contributed by atoms with Crippen LogP contribution in [0.3, 0.4) is 0 Å². The van der Waals surface area contributed by atoms with Gasteiger partial charge in [-0.15, -0.1) is 0 Å². The molecule has 1 aromatic rings. The predicted molar refractivity (Wildman–Crippen MR) is 62.5 cm³/mol. The molecule has 1 saturated heterocycles. The fraction of sp³-hybridized carbons (Fsp3) is 0.429. The van der Waals surface area contributed by atoms with Crippen molar-refractivity contribution in [1.82, 2.24) is 4.90 Å². The minimum atomic E-state index is 0.826. The van der Waals surface area contributed by atoms with Gasteiger partial charge in [0.1, 0.15) is 0 Å². The van der Waals surface area contributed by atoms with Crippen molar-refractivity contribution in [2.75, 3.05) is 13.1 Å². The molecular formula is C14H17N. The van der Waals surface area contributed by atoms with Gasteiger partial charge in [-0.3, -0.25) is 0 Å². The van der Waals surface area contributed by atoms with Crippen molar-refractivity contribution >= 4 is 0 Å². The van der Waals surface area contributed by atoms with E-state index in [1.54, 1.807) is 0 Å². The molecule has 0 N–H and O–H groups in total. The van der Waals surface area contributed by atoms with Gasteiger partial charge in [0.25, 0.3) is 0 Å². The summed E-state index contributed by atoms with van der Waals surface area (Å²) in [5.74, 6) is 1.67. The molecule has 2 atom stereocenters. The standard InChI is InChI=1S/C14H17N/c1-2-4-12(5-3-1)8-14-9-13-6-7-15(10-13)11-14/h1-7,13-14H,8-11H2. The van der Waals surface area contributed by atoms with Crippen LogP contribution in [-0.4, -0.2) is 18.0 Å². The topological polar surface area (TPSA) is 3.24 Å². The third kappa shape index (κ3) is 1.92. The van der Waals surface area contributed by atoms with E-state index in [1.165, 1.54) is 31.5 Å². The second kappa shape index (κ2) is 3.73. The molecule has 2 unspecified atom stereocenters. The van der Waals surface area contributed by atoms with E-state index in [1.807, 2.05) is 0 Å². The first-order valence-corrected chi connectivity index (χ1v) is 5.86. The zero-order valence-electron chi connectivity index (χ0n) is 8.97. The summed E-state index contributed by atoms with van der Waals surface area (Å²) in [5, 5.41) is 0. The van der Waals surface area contributed by atoms with E-state index >= 15 is 0 Å². The summed E-state index contributed by atoms with van der Waals surface area (Å²) in [5.41, 5.74) is 1.49. The molecule has 0 aliphatic carbocycles. The number of hydrogen-bond acceptors (Lipinski definition) is 1. The molecular weight excluding hydrogens is 182 g/mol. The largest absolute Gasteiger partial charge is 0.377 e. The Morgan fingerprint density at radius 3 is 2.80 bits per heavy atom. The summed E-state index contributed by atoms with van der Waals surface area (Å²) in [6.07, 6.45) is 7.29. The fourth-order valence-electron chi connectivity index (χ4n) is 2.88. The first kappa shape index (κ1) is 9.02. The van der Waals surface area contributed by atoms with Gasteiger partial charge < -0.3 is 4.90 Å². The van der Waals surface area contributed by atoms with Crippen LogP contribution in [0.4, 0.5) is 0 Å². The summed E-state index contributed by atoms with van der Waals surface area (Å²) in [6.45, 7) is 2.52.